The molecule has 2 saturated heterocycles. The van der Waals surface area contributed by atoms with Crippen molar-refractivity contribution < 1.29 is 32.6 Å². The Hall–Kier alpha value is -3.71. The number of aromatic nitrogens is 4. The second-order valence-corrected chi connectivity index (χ2v) is 15.4. The number of hydrogen-bond donors (Lipinski definition) is 5. The third-order valence-electron chi connectivity index (χ3n) is 7.54. The van der Waals surface area contributed by atoms with E-state index in [2.05, 4.69) is 54.3 Å². The number of aromatic carboxylic acids is 1. The zero-order valence-corrected chi connectivity index (χ0v) is 30.0. The number of carboxylic acids is 1. The van der Waals surface area contributed by atoms with Crippen LogP contribution in [-0.4, -0.2) is 107 Å². The Bertz CT molecular complexity index is 1920. The molecule has 0 saturated carbocycles. The van der Waals surface area contributed by atoms with E-state index < -0.39 is 21.9 Å². The summed E-state index contributed by atoms with van der Waals surface area (Å²) < 4.78 is 37.0. The molecule has 0 unspecified atom stereocenters. The summed E-state index contributed by atoms with van der Waals surface area (Å²) >= 11 is 7.04. The highest BCUT2D eigenvalue weighted by molar-refractivity contribution is 7.92. The molecule has 1 aromatic carbocycles. The van der Waals surface area contributed by atoms with Crippen molar-refractivity contribution >= 4 is 67.1 Å². The number of hydrogen-bond acceptors (Lipinski definition) is 12. The molecule has 0 spiro atoms. The molecule has 264 valence electrons. The van der Waals surface area contributed by atoms with Gasteiger partial charge in [0.25, 0.3) is 5.91 Å². The number of halogens is 1. The van der Waals surface area contributed by atoms with E-state index >= 15 is 0 Å². The first-order valence-electron chi connectivity index (χ1n) is 15.5. The smallest absolute Gasteiger partial charge is 0.348 e. The molecule has 4 aromatic rings. The fraction of sp³-hybridized carbons (Fsp3) is 0.452. The van der Waals surface area contributed by atoms with Crippen LogP contribution < -0.4 is 15.4 Å². The Kier molecular flexibility index (Phi) is 11.5. The zero-order chi connectivity index (χ0) is 35.5. The average Bonchev–Trinajstić information content (AvgIpc) is 3.65. The van der Waals surface area contributed by atoms with Crippen LogP contribution in [-0.2, 0) is 26.0 Å². The molecule has 0 bridgehead atoms. The lowest BCUT2D eigenvalue weighted by Gasteiger charge is -2.34. The summed E-state index contributed by atoms with van der Waals surface area (Å²) in [5, 5.41) is 23.8. The van der Waals surface area contributed by atoms with Gasteiger partial charge in [0.15, 0.2) is 10.8 Å². The third-order valence-corrected chi connectivity index (χ3v) is 9.46. The molecule has 1 amide bonds. The number of carboxylic acid groups (broad SMARTS) is 1. The standard InChI is InChI=1S/C25H26ClN7O6S2.C6H13NO/c1-12-9-33(10-13(2)39-12)11-20-30-21(22(40-20)25(35)36)24(34)29-17-4-14(5-18-16(17)8-28-31-18)15-6-19(23(26)27-7-15)32-41(3,37)38;1-5-3-7-4-6(2)8-5/h4-8,12-13,32H,9-11H2,1-3H3,(H,28,31)(H,29,34)(H,35,36);5-7H,3-4H2,1-2H3/t12-,13+;5-,6+. The fourth-order valence-corrected chi connectivity index (χ4v) is 7.40. The SMILES string of the molecule is C[C@@H]1CN(Cc2nc(C(=O)Nc3cc(-c4cnc(Cl)c(NS(C)(=O)=O)c4)cc4[nH]ncc34)c(C(=O)O)s2)C[C@H](C)O1.C[C@@H]1CNC[C@H](C)O1. The molecule has 15 nitrogen and oxygen atoms in total. The van der Waals surface area contributed by atoms with E-state index in [0.29, 0.717) is 64.6 Å². The number of aromatic amines is 1. The molecule has 2 fully saturated rings. The van der Waals surface area contributed by atoms with Crippen LogP contribution in [0.4, 0.5) is 11.4 Å². The minimum Gasteiger partial charge on any atom is -0.477 e. The first-order valence-corrected chi connectivity index (χ1v) is 18.6. The molecule has 5 N–H and O–H groups in total. The molecule has 0 aliphatic carbocycles. The van der Waals surface area contributed by atoms with Crippen LogP contribution in [0.2, 0.25) is 5.15 Å². The number of thiazole rings is 1. The molecule has 2 aliphatic rings. The highest BCUT2D eigenvalue weighted by Gasteiger charge is 2.27. The largest absolute Gasteiger partial charge is 0.477 e. The maximum atomic E-state index is 13.4. The Labute approximate surface area is 292 Å². The van der Waals surface area contributed by atoms with Crippen LogP contribution >= 0.6 is 22.9 Å². The number of pyridine rings is 1. The molecule has 49 heavy (non-hydrogen) atoms. The van der Waals surface area contributed by atoms with Crippen LogP contribution in [0.5, 0.6) is 0 Å². The van der Waals surface area contributed by atoms with E-state index in [4.69, 9.17) is 21.1 Å². The molecule has 4 atom stereocenters. The predicted molar refractivity (Wildman–Crippen MR) is 188 cm³/mol. The van der Waals surface area contributed by atoms with Gasteiger partial charge in [-0.1, -0.05) is 11.6 Å². The molecule has 5 heterocycles. The Balaban J connectivity index is 0.000000514. The first kappa shape index (κ1) is 36.6. The molecule has 3 aromatic heterocycles. The summed E-state index contributed by atoms with van der Waals surface area (Å²) in [7, 11) is -3.61. The summed E-state index contributed by atoms with van der Waals surface area (Å²) in [5.74, 6) is -1.94. The van der Waals surface area contributed by atoms with Crippen LogP contribution in [0.1, 0.15) is 52.9 Å². The predicted octanol–water partition coefficient (Wildman–Crippen LogP) is 4.05. The first-order chi connectivity index (χ1) is 23.1. The number of H-pyrrole nitrogens is 1. The molecule has 2 aliphatic heterocycles. The van der Waals surface area contributed by atoms with Gasteiger partial charge in [0.1, 0.15) is 9.88 Å². The Morgan fingerprint density at radius 3 is 2.29 bits per heavy atom. The summed E-state index contributed by atoms with van der Waals surface area (Å²) in [6.45, 7) is 11.9. The minimum absolute atomic E-state index is 0.0270. The van der Waals surface area contributed by atoms with Gasteiger partial charge in [-0.2, -0.15) is 5.10 Å². The van der Waals surface area contributed by atoms with Gasteiger partial charge in [0, 0.05) is 43.3 Å². The quantitative estimate of drug-likeness (QED) is 0.163. The number of benzene rings is 1. The van der Waals surface area contributed by atoms with E-state index in [9.17, 15) is 23.1 Å². The van der Waals surface area contributed by atoms with Crippen LogP contribution in [0.25, 0.3) is 22.0 Å². The molecular weight excluding hydrogens is 696 g/mol. The lowest BCUT2D eigenvalue weighted by molar-refractivity contribution is -0.0705. The summed E-state index contributed by atoms with van der Waals surface area (Å²) in [6.07, 6.45) is 4.84. The maximum absolute atomic E-state index is 13.4. The number of carbonyl (C=O) groups is 2. The molecular formula is C31H39ClN8O7S2. The zero-order valence-electron chi connectivity index (χ0n) is 27.6. The average molecular weight is 735 g/mol. The fourth-order valence-electron chi connectivity index (χ4n) is 5.70. The second kappa shape index (κ2) is 15.5. The van der Waals surface area contributed by atoms with E-state index in [-0.39, 0.29) is 33.6 Å². The number of fused-ring (bicyclic) bond motifs is 1. The normalized spacial score (nSPS) is 21.5. The monoisotopic (exact) mass is 734 g/mol. The number of nitrogens with zero attached hydrogens (tertiary/aromatic N) is 4. The van der Waals surface area contributed by atoms with Crippen molar-refractivity contribution in [2.45, 2.75) is 58.7 Å². The van der Waals surface area contributed by atoms with Gasteiger partial charge < -0.3 is 25.2 Å². The number of ether oxygens (including phenoxy) is 2. The summed E-state index contributed by atoms with van der Waals surface area (Å²) in [4.78, 5) is 35.9. The van der Waals surface area contributed by atoms with Crippen molar-refractivity contribution in [1.82, 2.24) is 30.4 Å². The van der Waals surface area contributed by atoms with Crippen molar-refractivity contribution in [1.29, 1.82) is 0 Å². The highest BCUT2D eigenvalue weighted by atomic mass is 35.5. The Morgan fingerprint density at radius 2 is 1.67 bits per heavy atom. The van der Waals surface area contributed by atoms with Crippen molar-refractivity contribution in [3.05, 3.63) is 51.3 Å². The van der Waals surface area contributed by atoms with Crippen LogP contribution in [0.3, 0.4) is 0 Å². The van der Waals surface area contributed by atoms with Gasteiger partial charge in [0.2, 0.25) is 10.0 Å². The van der Waals surface area contributed by atoms with Gasteiger partial charge in [-0.25, -0.2) is 23.2 Å². The van der Waals surface area contributed by atoms with E-state index in [1.807, 2.05) is 13.8 Å². The van der Waals surface area contributed by atoms with Crippen molar-refractivity contribution in [2.24, 2.45) is 0 Å². The van der Waals surface area contributed by atoms with Gasteiger partial charge in [-0.15, -0.1) is 11.3 Å². The number of carbonyl (C=O) groups excluding carboxylic acids is 1. The molecule has 6 rings (SSSR count). The lowest BCUT2D eigenvalue weighted by Crippen LogP contribution is -2.44. The van der Waals surface area contributed by atoms with E-state index in [1.165, 1.54) is 18.5 Å². The van der Waals surface area contributed by atoms with Gasteiger partial charge in [-0.05, 0) is 51.5 Å². The van der Waals surface area contributed by atoms with E-state index in [0.717, 1.165) is 30.7 Å². The number of anilines is 2. The van der Waals surface area contributed by atoms with Crippen molar-refractivity contribution in [3.63, 3.8) is 0 Å². The third kappa shape index (κ3) is 9.72. The summed E-state index contributed by atoms with van der Waals surface area (Å²) in [6, 6.07) is 4.91. The number of amides is 1. The lowest BCUT2D eigenvalue weighted by atomic mass is 10.0. The number of morpholine rings is 2. The topological polar surface area (TPSA) is 201 Å². The van der Waals surface area contributed by atoms with Crippen LogP contribution in [0, 0.1) is 0 Å². The van der Waals surface area contributed by atoms with Crippen molar-refractivity contribution in [2.75, 3.05) is 42.5 Å². The second-order valence-electron chi connectivity index (χ2n) is 12.2. The molecule has 18 heteroatoms. The maximum Gasteiger partial charge on any atom is 0.348 e. The summed E-state index contributed by atoms with van der Waals surface area (Å²) in [5.41, 5.74) is 1.87. The Morgan fingerprint density at radius 1 is 1.02 bits per heavy atom. The number of sulfonamides is 1. The van der Waals surface area contributed by atoms with E-state index in [1.54, 1.807) is 12.1 Å². The highest BCUT2D eigenvalue weighted by Crippen LogP contribution is 2.33. The van der Waals surface area contributed by atoms with Gasteiger partial charge in [0.05, 0.1) is 60.3 Å². The van der Waals surface area contributed by atoms with Gasteiger partial charge in [-0.3, -0.25) is 19.5 Å². The minimum atomic E-state index is -3.61. The van der Waals surface area contributed by atoms with Gasteiger partial charge >= 0.3 is 5.97 Å². The number of nitrogens with one attached hydrogen (secondary N) is 4. The molecule has 0 radical (unpaired) electrons. The van der Waals surface area contributed by atoms with Crippen LogP contribution in [0.15, 0.2) is 30.6 Å². The number of rotatable bonds is 8. The van der Waals surface area contributed by atoms with Crippen molar-refractivity contribution in [3.8, 4) is 11.1 Å².